The summed E-state index contributed by atoms with van der Waals surface area (Å²) in [4.78, 5) is 0. The van der Waals surface area contributed by atoms with Gasteiger partial charge >= 0.3 is 0 Å². The smallest absolute Gasteiger partial charge is 0.00433 e. The molecule has 0 aromatic heterocycles. The molecule has 0 spiro atoms. The van der Waals surface area contributed by atoms with Gasteiger partial charge in [-0.15, -0.1) is 0 Å². The minimum absolute atomic E-state index is 0.778. The second kappa shape index (κ2) is 6.56. The largest absolute Gasteiger partial charge is 0.316 e. The Labute approximate surface area is 66.3 Å². The van der Waals surface area contributed by atoms with Crippen molar-refractivity contribution in [2.45, 2.75) is 20.3 Å². The lowest BCUT2D eigenvalue weighted by Gasteiger charge is -2.04. The molecule has 0 amide bonds. The maximum absolute atomic E-state index is 3.38. The SMILES string of the molecule is CC(C)CNCCCBr. The zero-order valence-corrected chi connectivity index (χ0v) is 7.87. The van der Waals surface area contributed by atoms with Gasteiger partial charge in [-0.05, 0) is 25.4 Å². The topological polar surface area (TPSA) is 12.0 Å². The van der Waals surface area contributed by atoms with Gasteiger partial charge in [-0.3, -0.25) is 0 Å². The molecule has 0 radical (unpaired) electrons. The highest BCUT2D eigenvalue weighted by molar-refractivity contribution is 9.09. The fourth-order valence-electron chi connectivity index (χ4n) is 0.583. The molecule has 2 heteroatoms. The van der Waals surface area contributed by atoms with Crippen LogP contribution in [0.15, 0.2) is 0 Å². The van der Waals surface area contributed by atoms with Gasteiger partial charge in [-0.2, -0.15) is 0 Å². The summed E-state index contributed by atoms with van der Waals surface area (Å²) in [5, 5.41) is 4.46. The number of nitrogens with one attached hydrogen (secondary N) is 1. The van der Waals surface area contributed by atoms with E-state index in [0.29, 0.717) is 0 Å². The van der Waals surface area contributed by atoms with Crippen molar-refractivity contribution in [2.24, 2.45) is 5.92 Å². The zero-order chi connectivity index (χ0) is 7.11. The molecule has 1 N–H and O–H groups in total. The predicted octanol–water partition coefficient (Wildman–Crippen LogP) is 2.02. The lowest BCUT2D eigenvalue weighted by Crippen LogP contribution is -2.20. The highest BCUT2D eigenvalue weighted by Gasteiger charge is 1.90. The van der Waals surface area contributed by atoms with Crippen molar-refractivity contribution < 1.29 is 0 Å². The molecule has 1 nitrogen and oxygen atoms in total. The van der Waals surface area contributed by atoms with Crippen LogP contribution in [0.3, 0.4) is 0 Å². The summed E-state index contributed by atoms with van der Waals surface area (Å²) in [6, 6.07) is 0. The van der Waals surface area contributed by atoms with E-state index in [1.165, 1.54) is 6.42 Å². The Morgan fingerprint density at radius 1 is 1.44 bits per heavy atom. The monoisotopic (exact) mass is 193 g/mol. The fraction of sp³-hybridized carbons (Fsp3) is 1.00. The molecule has 0 fully saturated rings. The fourth-order valence-corrected chi connectivity index (χ4v) is 0.863. The van der Waals surface area contributed by atoms with Crippen molar-refractivity contribution in [3.8, 4) is 0 Å². The van der Waals surface area contributed by atoms with E-state index in [0.717, 1.165) is 24.3 Å². The van der Waals surface area contributed by atoms with Crippen LogP contribution in [0.2, 0.25) is 0 Å². The van der Waals surface area contributed by atoms with Crippen molar-refractivity contribution in [3.63, 3.8) is 0 Å². The molecule has 9 heavy (non-hydrogen) atoms. The Kier molecular flexibility index (Phi) is 6.88. The van der Waals surface area contributed by atoms with Crippen LogP contribution in [0.4, 0.5) is 0 Å². The number of rotatable bonds is 5. The van der Waals surface area contributed by atoms with E-state index in [1.807, 2.05) is 0 Å². The van der Waals surface area contributed by atoms with Gasteiger partial charge in [0.25, 0.3) is 0 Å². The molecular formula is C7H16BrN. The maximum atomic E-state index is 3.38. The molecule has 0 rings (SSSR count). The molecule has 0 aromatic rings. The molecule has 0 bridgehead atoms. The van der Waals surface area contributed by atoms with E-state index in [4.69, 9.17) is 0 Å². The molecule has 0 aliphatic carbocycles. The average Bonchev–Trinajstić information content (AvgIpc) is 1.80. The molecule has 0 atom stereocenters. The van der Waals surface area contributed by atoms with Gasteiger partial charge in [-0.1, -0.05) is 29.8 Å². The molecule has 0 aliphatic rings. The van der Waals surface area contributed by atoms with E-state index in [9.17, 15) is 0 Å². The number of hydrogen-bond donors (Lipinski definition) is 1. The molecule has 0 aliphatic heterocycles. The van der Waals surface area contributed by atoms with Crippen LogP contribution in [0.5, 0.6) is 0 Å². The third-order valence-corrected chi connectivity index (χ3v) is 1.60. The van der Waals surface area contributed by atoms with Gasteiger partial charge in [0.1, 0.15) is 0 Å². The Bertz CT molecular complexity index is 54.9. The standard InChI is InChI=1S/C7H16BrN/c1-7(2)6-9-5-3-4-8/h7,9H,3-6H2,1-2H3. The van der Waals surface area contributed by atoms with E-state index in [-0.39, 0.29) is 0 Å². The second-order valence-electron chi connectivity index (χ2n) is 2.64. The summed E-state index contributed by atoms with van der Waals surface area (Å²) in [5.41, 5.74) is 0. The van der Waals surface area contributed by atoms with Crippen LogP contribution in [0.1, 0.15) is 20.3 Å². The average molecular weight is 194 g/mol. The third kappa shape index (κ3) is 8.44. The number of hydrogen-bond acceptors (Lipinski definition) is 1. The lowest BCUT2D eigenvalue weighted by atomic mass is 10.2. The van der Waals surface area contributed by atoms with Crippen LogP contribution >= 0.6 is 15.9 Å². The third-order valence-electron chi connectivity index (χ3n) is 1.04. The number of halogens is 1. The van der Waals surface area contributed by atoms with Crippen molar-refractivity contribution in [2.75, 3.05) is 18.4 Å². The Morgan fingerprint density at radius 3 is 2.56 bits per heavy atom. The molecular weight excluding hydrogens is 178 g/mol. The summed E-state index contributed by atoms with van der Waals surface area (Å²) in [6.45, 7) is 6.73. The summed E-state index contributed by atoms with van der Waals surface area (Å²) >= 11 is 3.38. The quantitative estimate of drug-likeness (QED) is 0.521. The van der Waals surface area contributed by atoms with Crippen molar-refractivity contribution in [1.82, 2.24) is 5.32 Å². The van der Waals surface area contributed by atoms with E-state index in [1.54, 1.807) is 0 Å². The van der Waals surface area contributed by atoms with Gasteiger partial charge in [0.15, 0.2) is 0 Å². The molecule has 0 saturated heterocycles. The number of alkyl halides is 1. The minimum atomic E-state index is 0.778. The van der Waals surface area contributed by atoms with Crippen LogP contribution in [-0.4, -0.2) is 18.4 Å². The van der Waals surface area contributed by atoms with Crippen LogP contribution < -0.4 is 5.32 Å². The predicted molar refractivity (Wildman–Crippen MR) is 46.1 cm³/mol. The first-order valence-electron chi connectivity index (χ1n) is 3.54. The second-order valence-corrected chi connectivity index (χ2v) is 3.43. The van der Waals surface area contributed by atoms with E-state index in [2.05, 4.69) is 35.1 Å². The summed E-state index contributed by atoms with van der Waals surface area (Å²) < 4.78 is 0. The van der Waals surface area contributed by atoms with Gasteiger partial charge < -0.3 is 5.32 Å². The summed E-state index contributed by atoms with van der Waals surface area (Å²) in [5.74, 6) is 0.778. The van der Waals surface area contributed by atoms with Crippen LogP contribution in [0, 0.1) is 5.92 Å². The minimum Gasteiger partial charge on any atom is -0.316 e. The van der Waals surface area contributed by atoms with E-state index >= 15 is 0 Å². The highest BCUT2D eigenvalue weighted by Crippen LogP contribution is 1.88. The van der Waals surface area contributed by atoms with Crippen molar-refractivity contribution in [3.05, 3.63) is 0 Å². The normalized spacial score (nSPS) is 10.7. The molecule has 0 heterocycles. The molecule has 56 valence electrons. The molecule has 0 aromatic carbocycles. The first-order valence-corrected chi connectivity index (χ1v) is 4.66. The first kappa shape index (κ1) is 9.44. The van der Waals surface area contributed by atoms with Gasteiger partial charge in [0.05, 0.1) is 0 Å². The molecule has 0 unspecified atom stereocenters. The summed E-state index contributed by atoms with van der Waals surface area (Å²) in [6.07, 6.45) is 1.23. The van der Waals surface area contributed by atoms with Gasteiger partial charge in [-0.25, -0.2) is 0 Å². The van der Waals surface area contributed by atoms with E-state index < -0.39 is 0 Å². The Morgan fingerprint density at radius 2 is 2.11 bits per heavy atom. The van der Waals surface area contributed by atoms with Crippen molar-refractivity contribution >= 4 is 15.9 Å². The van der Waals surface area contributed by atoms with Crippen LogP contribution in [0.25, 0.3) is 0 Å². The Hall–Kier alpha value is 0.440. The van der Waals surface area contributed by atoms with Gasteiger partial charge in [0.2, 0.25) is 0 Å². The van der Waals surface area contributed by atoms with Gasteiger partial charge in [0, 0.05) is 5.33 Å². The maximum Gasteiger partial charge on any atom is 0.00433 e. The van der Waals surface area contributed by atoms with Crippen molar-refractivity contribution in [1.29, 1.82) is 0 Å². The Balaban J connectivity index is 2.75. The van der Waals surface area contributed by atoms with Crippen LogP contribution in [-0.2, 0) is 0 Å². The molecule has 0 saturated carbocycles. The highest BCUT2D eigenvalue weighted by atomic mass is 79.9. The lowest BCUT2D eigenvalue weighted by molar-refractivity contribution is 0.552. The zero-order valence-electron chi connectivity index (χ0n) is 6.28. The summed E-state index contributed by atoms with van der Waals surface area (Å²) in [7, 11) is 0. The first-order chi connectivity index (χ1) is 4.27.